The molecule has 0 spiro atoms. The first-order valence-corrected chi connectivity index (χ1v) is 15.0. The Morgan fingerprint density at radius 3 is 2.55 bits per heavy atom. The number of nitrogens with one attached hydrogen (secondary N) is 1. The van der Waals surface area contributed by atoms with Crippen molar-refractivity contribution in [1.82, 2.24) is 28.3 Å². The number of nitrogens with zero attached hydrogens (tertiary/aromatic N) is 5. The molecule has 1 aliphatic heterocycles. The lowest BCUT2D eigenvalue weighted by Gasteiger charge is -2.28. The van der Waals surface area contributed by atoms with Gasteiger partial charge in [-0.3, -0.25) is 13.9 Å². The summed E-state index contributed by atoms with van der Waals surface area (Å²) in [6.45, 7) is 6.21. The fourth-order valence-electron chi connectivity index (χ4n) is 5.94. The third-order valence-electron chi connectivity index (χ3n) is 7.97. The molecule has 11 heteroatoms. The molecule has 0 bridgehead atoms. The van der Waals surface area contributed by atoms with Crippen molar-refractivity contribution in [3.8, 4) is 0 Å². The molecule has 0 radical (unpaired) electrons. The number of benzene rings is 1. The minimum atomic E-state index is -4.14. The Labute approximate surface area is 234 Å². The van der Waals surface area contributed by atoms with E-state index in [9.17, 15) is 18.0 Å². The van der Waals surface area contributed by atoms with Crippen LogP contribution in [0, 0.1) is 12.8 Å². The number of carbonyl (C=O) groups excluding carboxylic acids is 1. The van der Waals surface area contributed by atoms with Crippen LogP contribution in [0.1, 0.15) is 45.0 Å². The first-order chi connectivity index (χ1) is 19.0. The van der Waals surface area contributed by atoms with E-state index in [1.165, 1.54) is 11.8 Å². The number of hydrogen-bond donors (Lipinski definition) is 1. The van der Waals surface area contributed by atoms with Crippen LogP contribution in [0.25, 0.3) is 11.0 Å². The summed E-state index contributed by atoms with van der Waals surface area (Å²) in [7, 11) is -0.399. The smallest absolute Gasteiger partial charge is 0.329 e. The third-order valence-corrected chi connectivity index (χ3v) is 9.21. The predicted octanol–water partition coefficient (Wildman–Crippen LogP) is 3.41. The zero-order valence-electron chi connectivity index (χ0n) is 23.5. The molecule has 212 valence electrons. The van der Waals surface area contributed by atoms with Gasteiger partial charge in [0.25, 0.3) is 10.0 Å². The van der Waals surface area contributed by atoms with Crippen LogP contribution >= 0.6 is 0 Å². The largest absolute Gasteiger partial charge is 0.373 e. The molecule has 0 saturated carbocycles. The maximum absolute atomic E-state index is 14.0. The number of rotatable bonds is 9. The first kappa shape index (κ1) is 27.7. The molecule has 10 nitrogen and oxygen atoms in total. The van der Waals surface area contributed by atoms with E-state index in [1.54, 1.807) is 27.7 Å². The monoisotopic (exact) mass is 564 g/mol. The second-order valence-corrected chi connectivity index (χ2v) is 12.4. The van der Waals surface area contributed by atoms with Crippen molar-refractivity contribution in [2.75, 3.05) is 7.05 Å². The highest BCUT2D eigenvalue weighted by molar-refractivity contribution is 7.90. The maximum atomic E-state index is 14.0. The molecule has 1 N–H and O–H groups in total. The summed E-state index contributed by atoms with van der Waals surface area (Å²) in [4.78, 5) is 33.3. The lowest BCUT2D eigenvalue weighted by atomic mass is 9.84. The Morgan fingerprint density at radius 2 is 1.88 bits per heavy atom. The van der Waals surface area contributed by atoms with E-state index in [2.05, 4.69) is 53.0 Å². The third kappa shape index (κ3) is 4.94. The molecule has 0 saturated heterocycles. The van der Waals surface area contributed by atoms with Gasteiger partial charge < -0.3 is 9.47 Å². The summed E-state index contributed by atoms with van der Waals surface area (Å²) < 4.78 is 32.8. The molecule has 1 amide bonds. The van der Waals surface area contributed by atoms with Gasteiger partial charge in [0.2, 0.25) is 5.91 Å². The van der Waals surface area contributed by atoms with E-state index < -0.39 is 22.0 Å². The minimum absolute atomic E-state index is 0.157. The van der Waals surface area contributed by atoms with Gasteiger partial charge in [-0.05, 0) is 38.0 Å². The Bertz CT molecular complexity index is 1700. The lowest BCUT2D eigenvalue weighted by molar-refractivity contribution is -0.120. The number of allylic oxidation sites excluding steroid dienone is 2. The van der Waals surface area contributed by atoms with Crippen LogP contribution in [0.5, 0.6) is 0 Å². The van der Waals surface area contributed by atoms with Crippen LogP contribution in [0.3, 0.4) is 0 Å². The van der Waals surface area contributed by atoms with E-state index in [1.807, 2.05) is 31.2 Å². The standard InChI is InChI=1S/C29H36N6O4S/c1-6-10-22(15-26(36)31-40(38,39)27-18-32(4)20(3)30-27)35-24-13-8-7-12-23(24)34(29(35)37)17-21-16-33(5)25-14-9-11-19(2)28(21)25/h7-9,11-14,16,18,22,25,28H,6,10,15,17H2,1-5H3,(H,31,36)/t22-,25?,28?/m0/s1. The molecule has 40 heavy (non-hydrogen) atoms. The van der Waals surface area contributed by atoms with Gasteiger partial charge in [0.1, 0.15) is 5.82 Å². The van der Waals surface area contributed by atoms with E-state index in [4.69, 9.17) is 0 Å². The number of imidazole rings is 2. The summed E-state index contributed by atoms with van der Waals surface area (Å²) >= 11 is 0. The number of aryl methyl sites for hydroxylation is 2. The second kappa shape index (κ2) is 10.6. The van der Waals surface area contributed by atoms with E-state index in [-0.39, 0.29) is 29.1 Å². The van der Waals surface area contributed by atoms with Crippen LogP contribution < -0.4 is 10.4 Å². The molecular weight excluding hydrogens is 528 g/mol. The van der Waals surface area contributed by atoms with Crippen LogP contribution in [0.15, 0.2) is 75.9 Å². The van der Waals surface area contributed by atoms with Gasteiger partial charge in [-0.25, -0.2) is 14.5 Å². The highest BCUT2D eigenvalue weighted by Crippen LogP contribution is 2.37. The van der Waals surface area contributed by atoms with Crippen LogP contribution in [0.4, 0.5) is 0 Å². The number of carbonyl (C=O) groups is 1. The van der Waals surface area contributed by atoms with Crippen LogP contribution in [-0.2, 0) is 28.4 Å². The van der Waals surface area contributed by atoms with Gasteiger partial charge in [0.15, 0.2) is 5.03 Å². The molecule has 1 aromatic carbocycles. The highest BCUT2D eigenvalue weighted by Gasteiger charge is 2.35. The van der Waals surface area contributed by atoms with Crippen LogP contribution in [0.2, 0.25) is 0 Å². The summed E-state index contributed by atoms with van der Waals surface area (Å²) in [6, 6.07) is 7.29. The second-order valence-electron chi connectivity index (χ2n) is 10.8. The summed E-state index contributed by atoms with van der Waals surface area (Å²) in [6.07, 6.45) is 11.0. The molecule has 3 aromatic rings. The fourth-order valence-corrected chi connectivity index (χ4v) is 6.98. The van der Waals surface area contributed by atoms with Crippen molar-refractivity contribution >= 4 is 27.0 Å². The molecule has 0 fully saturated rings. The van der Waals surface area contributed by atoms with Gasteiger partial charge in [0, 0.05) is 44.9 Å². The summed E-state index contributed by atoms with van der Waals surface area (Å²) in [5.41, 5.74) is 3.70. The molecule has 2 aliphatic rings. The van der Waals surface area contributed by atoms with Crippen molar-refractivity contribution in [2.24, 2.45) is 13.0 Å². The van der Waals surface area contributed by atoms with Crippen molar-refractivity contribution in [1.29, 1.82) is 0 Å². The molecular formula is C29H36N6O4S. The SMILES string of the molecule is CCC[C@@H](CC(=O)NS(=O)(=O)c1cn(C)c(C)n1)n1c(=O)n(CC2=CN(C)C3C=CC=C(C)C23)c2ccccc21. The predicted molar refractivity (Wildman–Crippen MR) is 154 cm³/mol. The van der Waals surface area contributed by atoms with Gasteiger partial charge in [0.05, 0.1) is 23.6 Å². The van der Waals surface area contributed by atoms with Gasteiger partial charge >= 0.3 is 5.69 Å². The minimum Gasteiger partial charge on any atom is -0.373 e. The molecule has 3 atom stereocenters. The fraction of sp³-hybridized carbons (Fsp3) is 0.414. The summed E-state index contributed by atoms with van der Waals surface area (Å²) in [5, 5.41) is -0.211. The van der Waals surface area contributed by atoms with Crippen molar-refractivity contribution < 1.29 is 13.2 Å². The molecule has 5 rings (SSSR count). The van der Waals surface area contributed by atoms with Crippen molar-refractivity contribution in [3.05, 3.63) is 82.3 Å². The van der Waals surface area contributed by atoms with Gasteiger partial charge in [-0.2, -0.15) is 8.42 Å². The van der Waals surface area contributed by atoms with Crippen molar-refractivity contribution in [2.45, 2.75) is 63.7 Å². The zero-order chi connectivity index (χ0) is 28.8. The highest BCUT2D eigenvalue weighted by atomic mass is 32.2. The van der Waals surface area contributed by atoms with Gasteiger partial charge in [-0.1, -0.05) is 49.3 Å². The number of sulfonamides is 1. The Kier molecular flexibility index (Phi) is 7.34. The van der Waals surface area contributed by atoms with Crippen molar-refractivity contribution in [3.63, 3.8) is 0 Å². The summed E-state index contributed by atoms with van der Waals surface area (Å²) in [5.74, 6) is 0.0331. The van der Waals surface area contributed by atoms with E-state index in [0.717, 1.165) is 16.6 Å². The Balaban J connectivity index is 1.47. The van der Waals surface area contributed by atoms with E-state index >= 15 is 0 Å². The van der Waals surface area contributed by atoms with Crippen LogP contribution in [-0.4, -0.2) is 51.0 Å². The average Bonchev–Trinajstić information content (AvgIpc) is 3.51. The number of para-hydroxylation sites is 2. The number of amides is 1. The number of aromatic nitrogens is 4. The Morgan fingerprint density at radius 1 is 1.15 bits per heavy atom. The van der Waals surface area contributed by atoms with E-state index in [0.29, 0.717) is 25.2 Å². The molecule has 2 unspecified atom stereocenters. The first-order valence-electron chi connectivity index (χ1n) is 13.5. The normalized spacial score (nSPS) is 19.5. The lowest BCUT2D eigenvalue weighted by Crippen LogP contribution is -2.35. The number of hydrogen-bond acceptors (Lipinski definition) is 6. The zero-order valence-corrected chi connectivity index (χ0v) is 24.4. The number of fused-ring (bicyclic) bond motifs is 2. The average molecular weight is 565 g/mol. The molecule has 3 heterocycles. The van der Waals surface area contributed by atoms with Gasteiger partial charge in [-0.15, -0.1) is 0 Å². The number of likely N-dealkylation sites (N-methyl/N-ethyl adjacent to an activating group) is 1. The maximum Gasteiger partial charge on any atom is 0.329 e. The topological polar surface area (TPSA) is 111 Å². The Hall–Kier alpha value is -3.86. The molecule has 2 aromatic heterocycles. The molecule has 1 aliphatic carbocycles. The quantitative estimate of drug-likeness (QED) is 0.427.